The van der Waals surface area contributed by atoms with Crippen LogP contribution in [0.5, 0.6) is 0 Å². The maximum absolute atomic E-state index is 12.5. The van der Waals surface area contributed by atoms with Gasteiger partial charge >= 0.3 is 0 Å². The van der Waals surface area contributed by atoms with E-state index < -0.39 is 0 Å². The summed E-state index contributed by atoms with van der Waals surface area (Å²) in [6, 6.07) is 0.522. The van der Waals surface area contributed by atoms with Crippen molar-refractivity contribution in [3.8, 4) is 0 Å². The van der Waals surface area contributed by atoms with Crippen molar-refractivity contribution in [1.29, 1.82) is 0 Å². The highest BCUT2D eigenvalue weighted by Crippen LogP contribution is 2.34. The molecule has 2 saturated carbocycles. The zero-order valence-corrected chi connectivity index (χ0v) is 12.5. The first-order valence-electron chi connectivity index (χ1n) is 7.91. The molecule has 0 spiro atoms. The molecule has 2 aliphatic carbocycles. The van der Waals surface area contributed by atoms with Crippen LogP contribution in [0.25, 0.3) is 0 Å². The average molecular weight is 267 g/mol. The summed E-state index contributed by atoms with van der Waals surface area (Å²) < 4.78 is 0. The van der Waals surface area contributed by atoms with E-state index in [2.05, 4.69) is 23.6 Å². The van der Waals surface area contributed by atoms with Gasteiger partial charge in [-0.15, -0.1) is 0 Å². The Morgan fingerprint density at radius 1 is 1.21 bits per heavy atom. The van der Waals surface area contributed by atoms with Gasteiger partial charge < -0.3 is 10.6 Å². The van der Waals surface area contributed by atoms with Crippen molar-refractivity contribution >= 4 is 5.91 Å². The van der Waals surface area contributed by atoms with Gasteiger partial charge in [0.2, 0.25) is 5.91 Å². The van der Waals surface area contributed by atoms with E-state index in [9.17, 15) is 4.79 Å². The Morgan fingerprint density at radius 2 is 1.84 bits per heavy atom. The van der Waals surface area contributed by atoms with E-state index in [1.165, 1.54) is 25.7 Å². The molecule has 2 rings (SSSR count). The molecule has 0 aliphatic heterocycles. The van der Waals surface area contributed by atoms with E-state index in [1.54, 1.807) is 0 Å². The predicted octanol–water partition coefficient (Wildman–Crippen LogP) is 1.59. The highest BCUT2D eigenvalue weighted by atomic mass is 16.2. The van der Waals surface area contributed by atoms with Gasteiger partial charge in [0.05, 0.1) is 6.54 Å². The van der Waals surface area contributed by atoms with Crippen LogP contribution in [0.3, 0.4) is 0 Å². The Kier molecular flexibility index (Phi) is 4.85. The van der Waals surface area contributed by atoms with Crippen molar-refractivity contribution in [2.45, 2.75) is 64.0 Å². The number of hydrogen-bond acceptors (Lipinski definition) is 3. The smallest absolute Gasteiger partial charge is 0.237 e. The lowest BCUT2D eigenvalue weighted by Crippen LogP contribution is -2.55. The topological polar surface area (TPSA) is 49.6 Å². The molecule has 1 amide bonds. The van der Waals surface area contributed by atoms with Crippen molar-refractivity contribution in [3.05, 3.63) is 0 Å². The Balaban J connectivity index is 1.99. The zero-order valence-electron chi connectivity index (χ0n) is 12.5. The summed E-state index contributed by atoms with van der Waals surface area (Å²) in [5.41, 5.74) is 6.13. The van der Waals surface area contributed by atoms with E-state index in [-0.39, 0.29) is 5.54 Å². The fourth-order valence-electron chi connectivity index (χ4n) is 3.58. The van der Waals surface area contributed by atoms with Gasteiger partial charge in [-0.2, -0.15) is 0 Å². The predicted molar refractivity (Wildman–Crippen MR) is 77.9 cm³/mol. The van der Waals surface area contributed by atoms with E-state index in [0.717, 1.165) is 25.9 Å². The average Bonchev–Trinajstić information content (AvgIpc) is 3.13. The number of nitrogens with two attached hydrogens (primary N) is 1. The third kappa shape index (κ3) is 3.11. The maximum atomic E-state index is 12.5. The fourth-order valence-corrected chi connectivity index (χ4v) is 3.58. The lowest BCUT2D eigenvalue weighted by atomic mass is 9.95. The molecule has 110 valence electrons. The molecule has 0 atom stereocenters. The van der Waals surface area contributed by atoms with Crippen LogP contribution < -0.4 is 5.73 Å². The van der Waals surface area contributed by atoms with Gasteiger partial charge in [0.15, 0.2) is 0 Å². The van der Waals surface area contributed by atoms with E-state index >= 15 is 0 Å². The van der Waals surface area contributed by atoms with Gasteiger partial charge in [-0.25, -0.2) is 0 Å². The highest BCUT2D eigenvalue weighted by Gasteiger charge is 2.40. The third-order valence-corrected chi connectivity index (χ3v) is 4.94. The quantitative estimate of drug-likeness (QED) is 0.762. The maximum Gasteiger partial charge on any atom is 0.237 e. The fraction of sp³-hybridized carbons (Fsp3) is 0.933. The standard InChI is InChI=1S/C15H29N3O/c1-3-17(15(12-16)9-5-6-10-15)11-14(19)18(4-2)13-7-8-13/h13H,3-12,16H2,1-2H3. The second-order valence-corrected chi connectivity index (χ2v) is 6.06. The molecule has 4 heteroatoms. The Hall–Kier alpha value is -0.610. The first kappa shape index (κ1) is 14.8. The van der Waals surface area contributed by atoms with Gasteiger partial charge in [-0.05, 0) is 39.2 Å². The molecule has 0 saturated heterocycles. The Bertz CT molecular complexity index is 309. The van der Waals surface area contributed by atoms with Crippen LogP contribution >= 0.6 is 0 Å². The number of nitrogens with zero attached hydrogens (tertiary/aromatic N) is 2. The molecular formula is C15H29N3O. The minimum Gasteiger partial charge on any atom is -0.339 e. The number of carbonyl (C=O) groups is 1. The molecule has 4 nitrogen and oxygen atoms in total. The Labute approximate surface area is 117 Å². The van der Waals surface area contributed by atoms with Gasteiger partial charge in [-0.1, -0.05) is 19.8 Å². The van der Waals surface area contributed by atoms with Crippen molar-refractivity contribution < 1.29 is 4.79 Å². The SMILES string of the molecule is CCN(C(=O)CN(CC)C1(CN)CCCC1)C1CC1. The first-order valence-corrected chi connectivity index (χ1v) is 7.91. The molecule has 0 bridgehead atoms. The molecule has 0 unspecified atom stereocenters. The molecule has 0 aromatic carbocycles. The normalized spacial score (nSPS) is 21.9. The van der Waals surface area contributed by atoms with E-state index in [0.29, 0.717) is 25.0 Å². The molecular weight excluding hydrogens is 238 g/mol. The zero-order chi connectivity index (χ0) is 13.9. The van der Waals surface area contributed by atoms with Crippen LogP contribution in [0.15, 0.2) is 0 Å². The number of rotatable bonds is 7. The molecule has 0 aromatic heterocycles. The van der Waals surface area contributed by atoms with Crippen molar-refractivity contribution in [2.75, 3.05) is 26.2 Å². The second kappa shape index (κ2) is 6.23. The van der Waals surface area contributed by atoms with Crippen molar-refractivity contribution in [2.24, 2.45) is 5.73 Å². The molecule has 0 heterocycles. The summed E-state index contributed by atoms with van der Waals surface area (Å²) in [6.45, 7) is 7.24. The number of carbonyl (C=O) groups excluding carboxylic acids is 1. The lowest BCUT2D eigenvalue weighted by molar-refractivity contribution is -0.134. The van der Waals surface area contributed by atoms with Crippen LogP contribution in [-0.4, -0.2) is 53.5 Å². The van der Waals surface area contributed by atoms with Crippen LogP contribution in [0.1, 0.15) is 52.4 Å². The largest absolute Gasteiger partial charge is 0.339 e. The van der Waals surface area contributed by atoms with E-state index in [4.69, 9.17) is 5.73 Å². The van der Waals surface area contributed by atoms with Gasteiger partial charge in [0, 0.05) is 24.7 Å². The minimum atomic E-state index is 0.0906. The van der Waals surface area contributed by atoms with Gasteiger partial charge in [0.25, 0.3) is 0 Å². The van der Waals surface area contributed by atoms with Gasteiger partial charge in [0.1, 0.15) is 0 Å². The second-order valence-electron chi connectivity index (χ2n) is 6.06. The lowest BCUT2D eigenvalue weighted by Gasteiger charge is -2.40. The summed E-state index contributed by atoms with van der Waals surface area (Å²) in [6.07, 6.45) is 7.19. The molecule has 0 radical (unpaired) electrons. The number of likely N-dealkylation sites (N-methyl/N-ethyl adjacent to an activating group) is 2. The van der Waals surface area contributed by atoms with E-state index in [1.807, 2.05) is 0 Å². The van der Waals surface area contributed by atoms with Crippen LogP contribution in [0.4, 0.5) is 0 Å². The third-order valence-electron chi connectivity index (χ3n) is 4.94. The summed E-state index contributed by atoms with van der Waals surface area (Å²) in [7, 11) is 0. The summed E-state index contributed by atoms with van der Waals surface area (Å²) in [5.74, 6) is 0.298. The molecule has 0 aromatic rings. The molecule has 2 N–H and O–H groups in total. The first-order chi connectivity index (χ1) is 9.16. The summed E-state index contributed by atoms with van der Waals surface area (Å²) >= 11 is 0. The summed E-state index contributed by atoms with van der Waals surface area (Å²) in [5, 5.41) is 0. The van der Waals surface area contributed by atoms with Crippen molar-refractivity contribution in [3.63, 3.8) is 0 Å². The number of hydrogen-bond donors (Lipinski definition) is 1. The minimum absolute atomic E-state index is 0.0906. The van der Waals surface area contributed by atoms with Crippen LogP contribution in [-0.2, 0) is 4.79 Å². The van der Waals surface area contributed by atoms with Crippen LogP contribution in [0, 0.1) is 0 Å². The Morgan fingerprint density at radius 3 is 2.26 bits per heavy atom. The highest BCUT2D eigenvalue weighted by molar-refractivity contribution is 5.79. The van der Waals surface area contributed by atoms with Crippen LogP contribution in [0.2, 0.25) is 0 Å². The molecule has 2 aliphatic rings. The monoisotopic (exact) mass is 267 g/mol. The molecule has 19 heavy (non-hydrogen) atoms. The van der Waals surface area contributed by atoms with Crippen molar-refractivity contribution in [1.82, 2.24) is 9.80 Å². The van der Waals surface area contributed by atoms with Gasteiger partial charge in [-0.3, -0.25) is 9.69 Å². The summed E-state index contributed by atoms with van der Waals surface area (Å²) in [4.78, 5) is 16.9. The molecule has 2 fully saturated rings. The number of amides is 1.